The largest absolute Gasteiger partial charge is 0.264 e. The summed E-state index contributed by atoms with van der Waals surface area (Å²) in [5.74, 6) is 0.107. The van der Waals surface area contributed by atoms with E-state index in [0.717, 1.165) is 0 Å². The van der Waals surface area contributed by atoms with Gasteiger partial charge in [0.05, 0.1) is 5.02 Å². The summed E-state index contributed by atoms with van der Waals surface area (Å²) in [5, 5.41) is 0.642. The third-order valence-electron chi connectivity index (χ3n) is 2.81. The molecule has 1 aromatic carbocycles. The van der Waals surface area contributed by atoms with Crippen LogP contribution in [0.5, 0.6) is 0 Å². The molecule has 112 valence electrons. The minimum Gasteiger partial charge on any atom is -0.263 e. The molecule has 2 rings (SSSR count). The van der Waals surface area contributed by atoms with Crippen molar-refractivity contribution < 1.29 is 8.42 Å². The average molecular weight is 366 g/mol. The van der Waals surface area contributed by atoms with Gasteiger partial charge in [0, 0.05) is 5.02 Å². The van der Waals surface area contributed by atoms with Crippen molar-refractivity contribution in [3.8, 4) is 0 Å². The Labute approximate surface area is 138 Å². The van der Waals surface area contributed by atoms with Crippen molar-refractivity contribution in [2.45, 2.75) is 18.7 Å². The summed E-state index contributed by atoms with van der Waals surface area (Å²) in [6.07, 6.45) is 0. The first-order valence-corrected chi connectivity index (χ1v) is 8.44. The van der Waals surface area contributed by atoms with Gasteiger partial charge in [0.15, 0.2) is 0 Å². The van der Waals surface area contributed by atoms with Crippen LogP contribution < -0.4 is 4.72 Å². The van der Waals surface area contributed by atoms with Crippen LogP contribution >= 0.6 is 34.8 Å². The molecular weight excluding hydrogens is 355 g/mol. The number of hydrogen-bond acceptors (Lipinski definition) is 3. The Morgan fingerprint density at radius 3 is 2.43 bits per heavy atom. The highest BCUT2D eigenvalue weighted by Crippen LogP contribution is 2.34. The maximum absolute atomic E-state index is 12.5. The highest BCUT2D eigenvalue weighted by atomic mass is 35.5. The number of nitrogens with zero attached hydrogens (tertiary/aromatic N) is 1. The molecule has 8 heteroatoms. The second-order valence-electron chi connectivity index (χ2n) is 4.39. The lowest BCUT2D eigenvalue weighted by atomic mass is 10.2. The number of halogens is 3. The number of sulfonamides is 1. The molecule has 0 aliphatic rings. The van der Waals surface area contributed by atoms with Crippen LogP contribution in [-0.4, -0.2) is 13.4 Å². The van der Waals surface area contributed by atoms with Crippen LogP contribution in [0.15, 0.2) is 29.2 Å². The fourth-order valence-electron chi connectivity index (χ4n) is 1.79. The number of aromatic nitrogens is 1. The number of benzene rings is 1. The number of rotatable bonds is 3. The SMILES string of the molecule is Cc1cc(Cl)c(C)c(S(=O)(=O)Nc2cccc(Cl)n2)c1Cl. The van der Waals surface area contributed by atoms with Gasteiger partial charge >= 0.3 is 0 Å². The van der Waals surface area contributed by atoms with E-state index in [1.54, 1.807) is 32.0 Å². The zero-order chi connectivity index (χ0) is 15.8. The van der Waals surface area contributed by atoms with Crippen molar-refractivity contribution in [2.24, 2.45) is 0 Å². The first kappa shape index (κ1) is 16.4. The standard InChI is InChI=1S/C13H11Cl3N2O2S/c1-7-6-9(14)8(2)13(12(7)16)21(19,20)18-11-5-3-4-10(15)17-11/h3-6H,1-2H3,(H,17,18). The third-order valence-corrected chi connectivity index (χ3v) is 5.54. The molecule has 1 aromatic heterocycles. The highest BCUT2D eigenvalue weighted by Gasteiger charge is 2.24. The lowest BCUT2D eigenvalue weighted by Crippen LogP contribution is -2.16. The van der Waals surface area contributed by atoms with E-state index in [0.29, 0.717) is 16.1 Å². The van der Waals surface area contributed by atoms with Gasteiger partial charge in [0.25, 0.3) is 10.0 Å². The van der Waals surface area contributed by atoms with Crippen LogP contribution in [0.3, 0.4) is 0 Å². The van der Waals surface area contributed by atoms with E-state index in [9.17, 15) is 8.42 Å². The normalized spacial score (nSPS) is 11.5. The first-order chi connectivity index (χ1) is 9.72. The highest BCUT2D eigenvalue weighted by molar-refractivity contribution is 7.92. The molecule has 0 spiro atoms. The van der Waals surface area contributed by atoms with E-state index in [2.05, 4.69) is 9.71 Å². The Balaban J connectivity index is 2.55. The van der Waals surface area contributed by atoms with Crippen LogP contribution in [0, 0.1) is 13.8 Å². The molecule has 0 bridgehead atoms. The van der Waals surface area contributed by atoms with Gasteiger partial charge in [-0.25, -0.2) is 13.4 Å². The van der Waals surface area contributed by atoms with E-state index in [1.807, 2.05) is 0 Å². The van der Waals surface area contributed by atoms with Crippen molar-refractivity contribution in [3.63, 3.8) is 0 Å². The van der Waals surface area contributed by atoms with E-state index in [-0.39, 0.29) is 20.9 Å². The van der Waals surface area contributed by atoms with Crippen molar-refractivity contribution >= 4 is 50.6 Å². The predicted octanol–water partition coefficient (Wildman–Crippen LogP) is 4.46. The molecule has 0 saturated carbocycles. The summed E-state index contributed by atoms with van der Waals surface area (Å²) in [6.45, 7) is 3.28. The molecule has 0 aliphatic heterocycles. The van der Waals surface area contributed by atoms with Gasteiger partial charge in [0.2, 0.25) is 0 Å². The Hall–Kier alpha value is -1.01. The molecule has 0 amide bonds. The van der Waals surface area contributed by atoms with Gasteiger partial charge in [0.1, 0.15) is 15.9 Å². The summed E-state index contributed by atoms with van der Waals surface area (Å²) in [6, 6.07) is 6.24. The van der Waals surface area contributed by atoms with Crippen molar-refractivity contribution in [1.29, 1.82) is 0 Å². The lowest BCUT2D eigenvalue weighted by molar-refractivity contribution is 0.600. The Bertz CT molecular complexity index is 781. The smallest absolute Gasteiger partial charge is 0.263 e. The minimum absolute atomic E-state index is 0.0593. The zero-order valence-electron chi connectivity index (χ0n) is 11.1. The molecule has 1 N–H and O–H groups in total. The maximum Gasteiger partial charge on any atom is 0.264 e. The van der Waals surface area contributed by atoms with Crippen LogP contribution in [-0.2, 0) is 10.0 Å². The number of pyridine rings is 1. The molecule has 4 nitrogen and oxygen atoms in total. The van der Waals surface area contributed by atoms with E-state index < -0.39 is 10.0 Å². The summed E-state index contributed by atoms with van der Waals surface area (Å²) in [5.41, 5.74) is 0.952. The van der Waals surface area contributed by atoms with Crippen molar-refractivity contribution in [2.75, 3.05) is 4.72 Å². The molecule has 0 fully saturated rings. The Kier molecular flexibility index (Phi) is 4.68. The maximum atomic E-state index is 12.5. The van der Waals surface area contributed by atoms with Gasteiger partial charge < -0.3 is 0 Å². The number of hydrogen-bond donors (Lipinski definition) is 1. The van der Waals surface area contributed by atoms with E-state index in [1.165, 1.54) is 6.07 Å². The van der Waals surface area contributed by atoms with Crippen molar-refractivity contribution in [3.05, 3.63) is 50.6 Å². The second kappa shape index (κ2) is 6.01. The zero-order valence-corrected chi connectivity index (χ0v) is 14.2. The molecule has 21 heavy (non-hydrogen) atoms. The number of aryl methyl sites for hydroxylation is 1. The first-order valence-electron chi connectivity index (χ1n) is 5.83. The third kappa shape index (κ3) is 3.43. The van der Waals surface area contributed by atoms with E-state index >= 15 is 0 Å². The molecule has 0 radical (unpaired) electrons. The van der Waals surface area contributed by atoms with E-state index in [4.69, 9.17) is 34.8 Å². The molecule has 1 heterocycles. The Morgan fingerprint density at radius 1 is 1.14 bits per heavy atom. The molecule has 0 atom stereocenters. The molecule has 2 aromatic rings. The summed E-state index contributed by atoms with van der Waals surface area (Å²) in [7, 11) is -3.92. The van der Waals surface area contributed by atoms with Crippen LogP contribution in [0.2, 0.25) is 15.2 Å². The van der Waals surface area contributed by atoms with Crippen molar-refractivity contribution in [1.82, 2.24) is 4.98 Å². The van der Waals surface area contributed by atoms with Gasteiger partial charge in [-0.3, -0.25) is 4.72 Å². The molecule has 0 saturated heterocycles. The minimum atomic E-state index is -3.92. The average Bonchev–Trinajstić information content (AvgIpc) is 2.35. The lowest BCUT2D eigenvalue weighted by Gasteiger charge is -2.14. The summed E-state index contributed by atoms with van der Waals surface area (Å²) < 4.78 is 27.4. The van der Waals surface area contributed by atoms with Crippen LogP contribution in [0.4, 0.5) is 5.82 Å². The second-order valence-corrected chi connectivity index (χ2v) is 7.19. The predicted molar refractivity (Wildman–Crippen MR) is 86.0 cm³/mol. The number of nitrogens with one attached hydrogen (secondary N) is 1. The summed E-state index contributed by atoms with van der Waals surface area (Å²) >= 11 is 17.9. The number of anilines is 1. The van der Waals surface area contributed by atoms with Crippen LogP contribution in [0.1, 0.15) is 11.1 Å². The van der Waals surface area contributed by atoms with Gasteiger partial charge in [-0.05, 0) is 43.2 Å². The van der Waals surface area contributed by atoms with Gasteiger partial charge in [-0.15, -0.1) is 0 Å². The summed E-state index contributed by atoms with van der Waals surface area (Å²) in [4.78, 5) is 3.83. The molecule has 0 unspecified atom stereocenters. The fourth-order valence-corrected chi connectivity index (χ4v) is 4.17. The Morgan fingerprint density at radius 2 is 1.81 bits per heavy atom. The topological polar surface area (TPSA) is 59.1 Å². The molecule has 0 aliphatic carbocycles. The van der Waals surface area contributed by atoms with Gasteiger partial charge in [-0.2, -0.15) is 0 Å². The van der Waals surface area contributed by atoms with Crippen LogP contribution in [0.25, 0.3) is 0 Å². The van der Waals surface area contributed by atoms with Gasteiger partial charge in [-0.1, -0.05) is 40.9 Å². The monoisotopic (exact) mass is 364 g/mol. The molecular formula is C13H11Cl3N2O2S. The fraction of sp³-hybridized carbons (Fsp3) is 0.154. The quantitative estimate of drug-likeness (QED) is 0.817.